The molecule has 0 saturated carbocycles. The Labute approximate surface area is 184 Å². The first-order valence-electron chi connectivity index (χ1n) is 10.3. The van der Waals surface area contributed by atoms with Crippen molar-refractivity contribution in [2.75, 3.05) is 18.5 Å². The van der Waals surface area contributed by atoms with Crippen LogP contribution in [0.15, 0.2) is 66.7 Å². The number of carboxylic acids is 1. The van der Waals surface area contributed by atoms with Gasteiger partial charge >= 0.3 is 5.97 Å². The Morgan fingerprint density at radius 1 is 1.03 bits per heavy atom. The van der Waals surface area contributed by atoms with Crippen LogP contribution in [0.5, 0.6) is 5.75 Å². The minimum absolute atomic E-state index is 0.0793. The molecule has 0 aliphatic rings. The van der Waals surface area contributed by atoms with Gasteiger partial charge in [-0.05, 0) is 36.8 Å². The Bertz CT molecular complexity index is 1260. The maximum absolute atomic E-state index is 13.8. The molecule has 162 valence electrons. The van der Waals surface area contributed by atoms with Crippen LogP contribution in [0, 0.1) is 5.82 Å². The standard InChI is InChI=1S/C25H22FN3O3/c1-2-32-22-6-4-3-5-19(22)16-7-9-17(10-8-16)24-28-21-12-11-18(26)15-20(21)25(29-24)27-14-13-23(30)31/h3-12,15H,2,13-14H2,1H3,(H,30,31)(H,27,28,29). The third-order valence-corrected chi connectivity index (χ3v) is 4.93. The molecule has 3 aromatic carbocycles. The van der Waals surface area contributed by atoms with Crippen molar-refractivity contribution < 1.29 is 19.0 Å². The van der Waals surface area contributed by atoms with E-state index in [2.05, 4.69) is 15.3 Å². The van der Waals surface area contributed by atoms with E-state index in [9.17, 15) is 9.18 Å². The average molecular weight is 431 g/mol. The summed E-state index contributed by atoms with van der Waals surface area (Å²) in [6, 6.07) is 19.9. The number of carboxylic acid groups (broad SMARTS) is 1. The van der Waals surface area contributed by atoms with E-state index >= 15 is 0 Å². The number of anilines is 1. The summed E-state index contributed by atoms with van der Waals surface area (Å²) in [4.78, 5) is 20.0. The van der Waals surface area contributed by atoms with E-state index in [-0.39, 0.29) is 13.0 Å². The Balaban J connectivity index is 1.70. The SMILES string of the molecule is CCOc1ccccc1-c1ccc(-c2nc(NCCC(=O)O)c3cc(F)ccc3n2)cc1. The van der Waals surface area contributed by atoms with Crippen molar-refractivity contribution in [3.63, 3.8) is 0 Å². The molecule has 1 heterocycles. The smallest absolute Gasteiger partial charge is 0.305 e. The van der Waals surface area contributed by atoms with E-state index in [1.807, 2.05) is 55.5 Å². The van der Waals surface area contributed by atoms with Crippen molar-refractivity contribution in [2.45, 2.75) is 13.3 Å². The van der Waals surface area contributed by atoms with Gasteiger partial charge in [0.15, 0.2) is 5.82 Å². The highest BCUT2D eigenvalue weighted by Gasteiger charge is 2.12. The maximum Gasteiger partial charge on any atom is 0.305 e. The first-order chi connectivity index (χ1) is 15.5. The Morgan fingerprint density at radius 2 is 1.78 bits per heavy atom. The van der Waals surface area contributed by atoms with Crippen molar-refractivity contribution in [3.8, 4) is 28.3 Å². The van der Waals surface area contributed by atoms with Gasteiger partial charge in [-0.25, -0.2) is 14.4 Å². The minimum Gasteiger partial charge on any atom is -0.493 e. The second kappa shape index (κ2) is 9.43. The van der Waals surface area contributed by atoms with Gasteiger partial charge in [0, 0.05) is 23.1 Å². The zero-order chi connectivity index (χ0) is 22.5. The highest BCUT2D eigenvalue weighted by atomic mass is 19.1. The molecule has 0 bridgehead atoms. The molecule has 4 rings (SSSR count). The van der Waals surface area contributed by atoms with Crippen LogP contribution in [0.25, 0.3) is 33.4 Å². The van der Waals surface area contributed by atoms with Crippen LogP contribution in [0.1, 0.15) is 13.3 Å². The summed E-state index contributed by atoms with van der Waals surface area (Å²) in [6.07, 6.45) is -0.0793. The zero-order valence-corrected chi connectivity index (χ0v) is 17.5. The number of aliphatic carboxylic acids is 1. The van der Waals surface area contributed by atoms with Crippen molar-refractivity contribution >= 4 is 22.7 Å². The Kier molecular flexibility index (Phi) is 6.26. The summed E-state index contributed by atoms with van der Waals surface area (Å²) in [6.45, 7) is 2.70. The van der Waals surface area contributed by atoms with Gasteiger partial charge in [0.2, 0.25) is 0 Å². The van der Waals surface area contributed by atoms with Crippen LogP contribution in [0.2, 0.25) is 0 Å². The van der Waals surface area contributed by atoms with Crippen LogP contribution in [-0.4, -0.2) is 34.2 Å². The van der Waals surface area contributed by atoms with Gasteiger partial charge < -0.3 is 15.2 Å². The summed E-state index contributed by atoms with van der Waals surface area (Å²) in [5.74, 6) is 0.345. The van der Waals surface area contributed by atoms with E-state index in [1.54, 1.807) is 6.07 Å². The van der Waals surface area contributed by atoms with Crippen LogP contribution < -0.4 is 10.1 Å². The fourth-order valence-corrected chi connectivity index (χ4v) is 3.44. The lowest BCUT2D eigenvalue weighted by Gasteiger charge is -2.12. The van der Waals surface area contributed by atoms with Gasteiger partial charge in [0.05, 0.1) is 18.5 Å². The number of hydrogen-bond donors (Lipinski definition) is 2. The molecular weight excluding hydrogens is 409 g/mol. The number of benzene rings is 3. The lowest BCUT2D eigenvalue weighted by molar-refractivity contribution is -0.136. The van der Waals surface area contributed by atoms with Gasteiger partial charge in [0.25, 0.3) is 0 Å². The average Bonchev–Trinajstić information content (AvgIpc) is 2.80. The molecule has 32 heavy (non-hydrogen) atoms. The van der Waals surface area contributed by atoms with Crippen molar-refractivity contribution in [2.24, 2.45) is 0 Å². The highest BCUT2D eigenvalue weighted by molar-refractivity contribution is 5.91. The second-order valence-electron chi connectivity index (χ2n) is 7.13. The Morgan fingerprint density at radius 3 is 2.53 bits per heavy atom. The summed E-state index contributed by atoms with van der Waals surface area (Å²) in [5.41, 5.74) is 3.35. The van der Waals surface area contributed by atoms with E-state index in [0.29, 0.717) is 29.2 Å². The molecule has 0 fully saturated rings. The molecule has 0 amide bonds. The number of para-hydroxylation sites is 1. The number of nitrogens with one attached hydrogen (secondary N) is 1. The third-order valence-electron chi connectivity index (χ3n) is 4.93. The van der Waals surface area contributed by atoms with E-state index < -0.39 is 11.8 Å². The fourth-order valence-electron chi connectivity index (χ4n) is 3.44. The number of carbonyl (C=O) groups is 1. The van der Waals surface area contributed by atoms with Gasteiger partial charge in [-0.15, -0.1) is 0 Å². The van der Waals surface area contributed by atoms with Gasteiger partial charge in [0.1, 0.15) is 17.4 Å². The molecule has 6 nitrogen and oxygen atoms in total. The van der Waals surface area contributed by atoms with Gasteiger partial charge in [-0.1, -0.05) is 42.5 Å². The van der Waals surface area contributed by atoms with E-state index in [4.69, 9.17) is 9.84 Å². The summed E-state index contributed by atoms with van der Waals surface area (Å²) in [5, 5.41) is 12.4. The van der Waals surface area contributed by atoms with Crippen LogP contribution in [0.3, 0.4) is 0 Å². The molecule has 1 aromatic heterocycles. The van der Waals surface area contributed by atoms with Crippen LogP contribution in [0.4, 0.5) is 10.2 Å². The topological polar surface area (TPSA) is 84.3 Å². The van der Waals surface area contributed by atoms with E-state index in [0.717, 1.165) is 22.4 Å². The molecule has 0 spiro atoms. The van der Waals surface area contributed by atoms with Crippen LogP contribution in [-0.2, 0) is 4.79 Å². The Hall–Kier alpha value is -4.00. The molecule has 0 aliphatic carbocycles. The molecule has 7 heteroatoms. The molecule has 0 aliphatic heterocycles. The zero-order valence-electron chi connectivity index (χ0n) is 17.5. The highest BCUT2D eigenvalue weighted by Crippen LogP contribution is 2.32. The number of halogens is 1. The summed E-state index contributed by atoms with van der Waals surface area (Å²) >= 11 is 0. The van der Waals surface area contributed by atoms with Crippen molar-refractivity contribution in [1.29, 1.82) is 0 Å². The summed E-state index contributed by atoms with van der Waals surface area (Å²) < 4.78 is 19.5. The fraction of sp³-hybridized carbons (Fsp3) is 0.160. The van der Waals surface area contributed by atoms with Crippen molar-refractivity contribution in [3.05, 3.63) is 72.5 Å². The normalized spacial score (nSPS) is 10.8. The van der Waals surface area contributed by atoms with Gasteiger partial charge in [-0.3, -0.25) is 4.79 Å². The first-order valence-corrected chi connectivity index (χ1v) is 10.3. The second-order valence-corrected chi connectivity index (χ2v) is 7.13. The molecule has 0 radical (unpaired) electrons. The molecule has 0 unspecified atom stereocenters. The minimum atomic E-state index is -0.926. The number of rotatable bonds is 8. The largest absolute Gasteiger partial charge is 0.493 e. The lowest BCUT2D eigenvalue weighted by Crippen LogP contribution is -2.10. The quantitative estimate of drug-likeness (QED) is 0.389. The van der Waals surface area contributed by atoms with E-state index in [1.165, 1.54) is 12.1 Å². The molecular formula is C25H22FN3O3. The number of aromatic nitrogens is 2. The monoisotopic (exact) mass is 431 g/mol. The number of fused-ring (bicyclic) bond motifs is 1. The number of ether oxygens (including phenoxy) is 1. The predicted octanol–water partition coefficient (Wildman–Crippen LogP) is 5.39. The maximum atomic E-state index is 13.8. The number of hydrogen-bond acceptors (Lipinski definition) is 5. The van der Waals surface area contributed by atoms with Gasteiger partial charge in [-0.2, -0.15) is 0 Å². The lowest BCUT2D eigenvalue weighted by atomic mass is 10.0. The molecule has 2 N–H and O–H groups in total. The third kappa shape index (κ3) is 4.67. The first kappa shape index (κ1) is 21.2. The molecule has 4 aromatic rings. The molecule has 0 saturated heterocycles. The summed E-state index contributed by atoms with van der Waals surface area (Å²) in [7, 11) is 0. The van der Waals surface area contributed by atoms with Crippen molar-refractivity contribution in [1.82, 2.24) is 9.97 Å². The predicted molar refractivity (Wildman–Crippen MR) is 122 cm³/mol. The van der Waals surface area contributed by atoms with Crippen LogP contribution >= 0.6 is 0 Å². The molecule has 0 atom stereocenters. The number of nitrogens with zero attached hydrogens (tertiary/aromatic N) is 2.